The Labute approximate surface area is 146 Å². The van der Waals surface area contributed by atoms with Crippen LogP contribution in [0, 0.1) is 0 Å². The van der Waals surface area contributed by atoms with E-state index in [4.69, 9.17) is 4.74 Å². The summed E-state index contributed by atoms with van der Waals surface area (Å²) in [6.07, 6.45) is 0. The Morgan fingerprint density at radius 3 is 2.72 bits per heavy atom. The van der Waals surface area contributed by atoms with Crippen LogP contribution in [0.1, 0.15) is 0 Å². The molecule has 0 atom stereocenters. The first-order valence-corrected chi connectivity index (χ1v) is 9.25. The highest BCUT2D eigenvalue weighted by Gasteiger charge is 2.22. The molecule has 132 valence electrons. The molecule has 0 radical (unpaired) electrons. The molecular formula is C17H19N3O4S. The molecule has 3 rings (SSSR count). The van der Waals surface area contributed by atoms with Gasteiger partial charge in [0.25, 0.3) is 10.0 Å². The Balaban J connectivity index is 1.91. The zero-order valence-electron chi connectivity index (χ0n) is 13.7. The maximum atomic E-state index is 12.7. The number of anilines is 2. The predicted molar refractivity (Wildman–Crippen MR) is 95.5 cm³/mol. The minimum atomic E-state index is -3.78. The van der Waals surface area contributed by atoms with Crippen LogP contribution in [-0.2, 0) is 14.8 Å². The molecule has 0 aromatic heterocycles. The van der Waals surface area contributed by atoms with Gasteiger partial charge in [0.15, 0.2) is 0 Å². The summed E-state index contributed by atoms with van der Waals surface area (Å²) in [6, 6.07) is 13.3. The Bertz CT molecular complexity index is 883. The van der Waals surface area contributed by atoms with E-state index < -0.39 is 10.0 Å². The number of ether oxygens (including phenoxy) is 1. The number of amides is 1. The molecule has 2 aromatic rings. The second kappa shape index (κ2) is 7.02. The molecule has 1 amide bonds. The zero-order valence-corrected chi connectivity index (χ0v) is 14.5. The number of rotatable bonds is 5. The summed E-state index contributed by atoms with van der Waals surface area (Å²) in [7, 11) is -2.30. The first-order valence-electron chi connectivity index (χ1n) is 7.77. The third-order valence-corrected chi connectivity index (χ3v) is 5.24. The quantitative estimate of drug-likeness (QED) is 0.841. The fourth-order valence-corrected chi connectivity index (χ4v) is 3.76. The van der Waals surface area contributed by atoms with E-state index >= 15 is 0 Å². The van der Waals surface area contributed by atoms with Crippen molar-refractivity contribution in [2.45, 2.75) is 4.90 Å². The predicted octanol–water partition coefficient (Wildman–Crippen LogP) is 1.43. The Hall–Kier alpha value is -2.74. The van der Waals surface area contributed by atoms with Crippen LogP contribution in [0.4, 0.5) is 11.4 Å². The van der Waals surface area contributed by atoms with Crippen LogP contribution in [0.3, 0.4) is 0 Å². The van der Waals surface area contributed by atoms with Gasteiger partial charge in [-0.2, -0.15) is 0 Å². The molecule has 8 heteroatoms. The third kappa shape index (κ3) is 3.85. The molecule has 0 unspecified atom stereocenters. The summed E-state index contributed by atoms with van der Waals surface area (Å²) in [6.45, 7) is 1.33. The lowest BCUT2D eigenvalue weighted by Gasteiger charge is -2.30. The number of piperazine rings is 1. The number of sulfonamides is 1. The standard InChI is InChI=1S/C17H19N3O4S/c1-24-13-5-4-6-14(11-13)25(22,23)19-15-7-2-3-8-16(15)20-10-9-18-17(21)12-20/h2-8,11,19H,9-10,12H2,1H3,(H,18,21). The molecule has 1 fully saturated rings. The first kappa shape index (κ1) is 17.1. The number of nitrogens with zero attached hydrogens (tertiary/aromatic N) is 1. The Kier molecular flexibility index (Phi) is 4.80. The summed E-state index contributed by atoms with van der Waals surface area (Å²) < 4.78 is 33.1. The molecule has 2 N–H and O–H groups in total. The molecule has 1 aliphatic heterocycles. The fourth-order valence-electron chi connectivity index (χ4n) is 2.65. The third-order valence-electron chi connectivity index (χ3n) is 3.88. The highest BCUT2D eigenvalue weighted by atomic mass is 32.2. The number of para-hydroxylation sites is 2. The molecule has 25 heavy (non-hydrogen) atoms. The van der Waals surface area contributed by atoms with Crippen LogP contribution in [0.5, 0.6) is 5.75 Å². The number of benzene rings is 2. The van der Waals surface area contributed by atoms with Crippen molar-refractivity contribution in [3.8, 4) is 5.75 Å². The van der Waals surface area contributed by atoms with Crippen molar-refractivity contribution in [3.05, 3.63) is 48.5 Å². The van der Waals surface area contributed by atoms with E-state index in [2.05, 4.69) is 10.0 Å². The number of hydrogen-bond donors (Lipinski definition) is 2. The molecule has 2 aromatic carbocycles. The molecule has 1 aliphatic rings. The molecule has 7 nitrogen and oxygen atoms in total. The average molecular weight is 361 g/mol. The summed E-state index contributed by atoms with van der Waals surface area (Å²) in [5.74, 6) is 0.376. The summed E-state index contributed by atoms with van der Waals surface area (Å²) in [5, 5.41) is 2.75. The van der Waals surface area contributed by atoms with E-state index in [0.717, 1.165) is 0 Å². The van der Waals surface area contributed by atoms with Gasteiger partial charge < -0.3 is 15.0 Å². The van der Waals surface area contributed by atoms with Gasteiger partial charge in [0.1, 0.15) is 5.75 Å². The van der Waals surface area contributed by atoms with Crippen molar-refractivity contribution in [1.82, 2.24) is 5.32 Å². The van der Waals surface area contributed by atoms with Crippen molar-refractivity contribution in [2.24, 2.45) is 0 Å². The van der Waals surface area contributed by atoms with Crippen LogP contribution in [0.2, 0.25) is 0 Å². The molecule has 0 aliphatic carbocycles. The minimum absolute atomic E-state index is 0.0864. The molecule has 0 bridgehead atoms. The van der Waals surface area contributed by atoms with Gasteiger partial charge in [-0.3, -0.25) is 9.52 Å². The largest absolute Gasteiger partial charge is 0.497 e. The number of carbonyl (C=O) groups excluding carboxylic acids is 1. The smallest absolute Gasteiger partial charge is 0.262 e. The van der Waals surface area contributed by atoms with Crippen molar-refractivity contribution in [3.63, 3.8) is 0 Å². The van der Waals surface area contributed by atoms with E-state index in [9.17, 15) is 13.2 Å². The lowest BCUT2D eigenvalue weighted by molar-refractivity contribution is -0.120. The van der Waals surface area contributed by atoms with Crippen molar-refractivity contribution < 1.29 is 17.9 Å². The van der Waals surface area contributed by atoms with Gasteiger partial charge in [-0.1, -0.05) is 18.2 Å². The van der Waals surface area contributed by atoms with Gasteiger partial charge >= 0.3 is 0 Å². The molecule has 0 saturated carbocycles. The van der Waals surface area contributed by atoms with Crippen LogP contribution >= 0.6 is 0 Å². The van der Waals surface area contributed by atoms with E-state index in [0.29, 0.717) is 30.2 Å². The van der Waals surface area contributed by atoms with Gasteiger partial charge in [-0.25, -0.2) is 8.42 Å². The van der Waals surface area contributed by atoms with Gasteiger partial charge in [0.2, 0.25) is 5.91 Å². The van der Waals surface area contributed by atoms with Gasteiger partial charge in [0.05, 0.1) is 29.9 Å². The van der Waals surface area contributed by atoms with Gasteiger partial charge in [0, 0.05) is 19.2 Å². The first-order chi connectivity index (χ1) is 12.0. The average Bonchev–Trinajstić information content (AvgIpc) is 2.62. The maximum Gasteiger partial charge on any atom is 0.262 e. The maximum absolute atomic E-state index is 12.7. The Morgan fingerprint density at radius 1 is 1.16 bits per heavy atom. The molecule has 1 heterocycles. The zero-order chi connectivity index (χ0) is 17.9. The number of hydrogen-bond acceptors (Lipinski definition) is 5. The van der Waals surface area contributed by atoms with Crippen LogP contribution < -0.4 is 19.7 Å². The van der Waals surface area contributed by atoms with Crippen LogP contribution in [-0.4, -0.2) is 41.1 Å². The second-order valence-corrected chi connectivity index (χ2v) is 7.26. The van der Waals surface area contributed by atoms with Crippen LogP contribution in [0.25, 0.3) is 0 Å². The summed E-state index contributed by atoms with van der Waals surface area (Å²) >= 11 is 0. The van der Waals surface area contributed by atoms with Gasteiger partial charge in [-0.05, 0) is 24.3 Å². The van der Waals surface area contributed by atoms with Crippen molar-refractivity contribution in [1.29, 1.82) is 0 Å². The summed E-state index contributed by atoms with van der Waals surface area (Å²) in [4.78, 5) is 13.6. The highest BCUT2D eigenvalue weighted by Crippen LogP contribution is 2.29. The number of methoxy groups -OCH3 is 1. The van der Waals surface area contributed by atoms with Crippen LogP contribution in [0.15, 0.2) is 53.4 Å². The topological polar surface area (TPSA) is 87.7 Å². The van der Waals surface area contributed by atoms with Gasteiger partial charge in [-0.15, -0.1) is 0 Å². The lowest BCUT2D eigenvalue weighted by atomic mass is 10.2. The molecule has 1 saturated heterocycles. The van der Waals surface area contributed by atoms with E-state index in [1.54, 1.807) is 30.3 Å². The summed E-state index contributed by atoms with van der Waals surface area (Å²) in [5.41, 5.74) is 1.10. The second-order valence-electron chi connectivity index (χ2n) is 5.57. The van der Waals surface area contributed by atoms with E-state index in [1.807, 2.05) is 11.0 Å². The van der Waals surface area contributed by atoms with E-state index in [-0.39, 0.29) is 17.3 Å². The Morgan fingerprint density at radius 2 is 1.96 bits per heavy atom. The number of nitrogens with one attached hydrogen (secondary N) is 2. The fraction of sp³-hybridized carbons (Fsp3) is 0.235. The SMILES string of the molecule is COc1cccc(S(=O)(=O)Nc2ccccc2N2CCNC(=O)C2)c1. The van der Waals surface area contributed by atoms with Crippen molar-refractivity contribution >= 4 is 27.3 Å². The lowest BCUT2D eigenvalue weighted by Crippen LogP contribution is -2.47. The normalized spacial score (nSPS) is 14.8. The molecular weight excluding hydrogens is 342 g/mol. The monoisotopic (exact) mass is 361 g/mol. The van der Waals surface area contributed by atoms with Crippen molar-refractivity contribution in [2.75, 3.05) is 36.4 Å². The molecule has 0 spiro atoms. The highest BCUT2D eigenvalue weighted by molar-refractivity contribution is 7.92. The van der Waals surface area contributed by atoms with E-state index in [1.165, 1.54) is 19.2 Å². The minimum Gasteiger partial charge on any atom is -0.497 e. The number of carbonyl (C=O) groups is 1.